The SMILES string of the molecule is Cn1cc(C(=O)O)c2cc(-c3cccc(C(F)(F)F)c3)ccc21. The summed E-state index contributed by atoms with van der Waals surface area (Å²) in [6.45, 7) is 0. The van der Waals surface area contributed by atoms with Gasteiger partial charge in [0.2, 0.25) is 0 Å². The molecule has 0 aliphatic heterocycles. The second-order valence-corrected chi connectivity index (χ2v) is 5.27. The number of aryl methyl sites for hydroxylation is 1. The second-order valence-electron chi connectivity index (χ2n) is 5.27. The maximum absolute atomic E-state index is 12.8. The Bertz CT molecular complexity index is 910. The third kappa shape index (κ3) is 2.67. The predicted molar refractivity (Wildman–Crippen MR) is 80.3 cm³/mol. The molecule has 118 valence electrons. The number of carboxylic acid groups (broad SMARTS) is 1. The maximum atomic E-state index is 12.8. The number of hydrogen-bond donors (Lipinski definition) is 1. The van der Waals surface area contributed by atoms with Gasteiger partial charge in [0.25, 0.3) is 0 Å². The van der Waals surface area contributed by atoms with Gasteiger partial charge in [0.15, 0.2) is 0 Å². The van der Waals surface area contributed by atoms with Gasteiger partial charge in [-0.15, -0.1) is 0 Å². The zero-order chi connectivity index (χ0) is 16.8. The van der Waals surface area contributed by atoms with E-state index in [9.17, 15) is 23.1 Å². The van der Waals surface area contributed by atoms with E-state index in [1.807, 2.05) is 0 Å². The third-order valence-electron chi connectivity index (χ3n) is 3.74. The summed E-state index contributed by atoms with van der Waals surface area (Å²) < 4.78 is 40.2. The predicted octanol–water partition coefficient (Wildman–Crippen LogP) is 4.56. The molecule has 1 N–H and O–H groups in total. The summed E-state index contributed by atoms with van der Waals surface area (Å²) in [7, 11) is 1.72. The molecule has 0 unspecified atom stereocenters. The van der Waals surface area contributed by atoms with Gasteiger partial charge < -0.3 is 9.67 Å². The first kappa shape index (κ1) is 15.1. The van der Waals surface area contributed by atoms with Gasteiger partial charge in [-0.3, -0.25) is 0 Å². The summed E-state index contributed by atoms with van der Waals surface area (Å²) in [5, 5.41) is 9.74. The third-order valence-corrected chi connectivity index (χ3v) is 3.74. The Morgan fingerprint density at radius 2 is 1.78 bits per heavy atom. The molecule has 0 saturated heterocycles. The Morgan fingerprint density at radius 3 is 2.43 bits per heavy atom. The van der Waals surface area contributed by atoms with Crippen molar-refractivity contribution >= 4 is 16.9 Å². The Kier molecular flexibility index (Phi) is 3.39. The molecule has 2 aromatic carbocycles. The molecule has 0 saturated carbocycles. The first-order chi connectivity index (χ1) is 10.8. The molecular formula is C17H12F3NO2. The molecule has 0 spiro atoms. The van der Waals surface area contributed by atoms with Crippen molar-refractivity contribution < 1.29 is 23.1 Å². The maximum Gasteiger partial charge on any atom is 0.416 e. The number of halogens is 3. The van der Waals surface area contributed by atoms with E-state index in [4.69, 9.17) is 0 Å². The number of carboxylic acids is 1. The molecular weight excluding hydrogens is 307 g/mol. The molecule has 0 bridgehead atoms. The van der Waals surface area contributed by atoms with Crippen LogP contribution in [-0.4, -0.2) is 15.6 Å². The highest BCUT2D eigenvalue weighted by Crippen LogP contribution is 2.33. The Morgan fingerprint density at radius 1 is 1.09 bits per heavy atom. The second kappa shape index (κ2) is 5.15. The van der Waals surface area contributed by atoms with Crippen LogP contribution in [-0.2, 0) is 13.2 Å². The first-order valence-electron chi connectivity index (χ1n) is 6.77. The quantitative estimate of drug-likeness (QED) is 0.752. The van der Waals surface area contributed by atoms with Crippen molar-refractivity contribution in [3.05, 3.63) is 59.8 Å². The van der Waals surface area contributed by atoms with E-state index in [2.05, 4.69) is 0 Å². The minimum atomic E-state index is -4.42. The van der Waals surface area contributed by atoms with E-state index in [0.29, 0.717) is 22.0 Å². The molecule has 6 heteroatoms. The fourth-order valence-electron chi connectivity index (χ4n) is 2.62. The first-order valence-corrected chi connectivity index (χ1v) is 6.77. The molecule has 3 nitrogen and oxygen atoms in total. The van der Waals surface area contributed by atoms with Crippen molar-refractivity contribution in [2.24, 2.45) is 7.05 Å². The standard InChI is InChI=1S/C17H12F3NO2/c1-21-9-14(16(22)23)13-8-11(5-6-15(13)21)10-3-2-4-12(7-10)17(18,19)20/h2-9H,1H3,(H,22,23). The van der Waals surface area contributed by atoms with E-state index in [0.717, 1.165) is 12.1 Å². The van der Waals surface area contributed by atoms with E-state index >= 15 is 0 Å². The van der Waals surface area contributed by atoms with Crippen molar-refractivity contribution in [2.45, 2.75) is 6.18 Å². The van der Waals surface area contributed by atoms with Crippen LogP contribution in [0.5, 0.6) is 0 Å². The molecule has 3 aromatic rings. The zero-order valence-corrected chi connectivity index (χ0v) is 12.1. The summed E-state index contributed by atoms with van der Waals surface area (Å²) in [6.07, 6.45) is -2.93. The average Bonchev–Trinajstić information content (AvgIpc) is 2.83. The van der Waals surface area contributed by atoms with Crippen molar-refractivity contribution in [3.8, 4) is 11.1 Å². The highest BCUT2D eigenvalue weighted by Gasteiger charge is 2.30. The molecule has 0 aliphatic rings. The van der Waals surface area contributed by atoms with Gasteiger partial charge in [0, 0.05) is 24.1 Å². The summed E-state index contributed by atoms with van der Waals surface area (Å²) in [4.78, 5) is 11.3. The van der Waals surface area contributed by atoms with Crippen LogP contribution in [0.15, 0.2) is 48.7 Å². The molecule has 0 atom stereocenters. The molecule has 1 heterocycles. The Balaban J connectivity index is 2.18. The monoisotopic (exact) mass is 319 g/mol. The number of hydrogen-bond acceptors (Lipinski definition) is 1. The number of nitrogens with zero attached hydrogens (tertiary/aromatic N) is 1. The summed E-state index contributed by atoms with van der Waals surface area (Å²) in [5.41, 5.74) is 1.02. The lowest BCUT2D eigenvalue weighted by Crippen LogP contribution is -2.04. The Labute approximate surface area is 129 Å². The lowest BCUT2D eigenvalue weighted by molar-refractivity contribution is -0.137. The van der Waals surface area contributed by atoms with E-state index in [-0.39, 0.29) is 5.56 Å². The molecule has 1 aromatic heterocycles. The minimum absolute atomic E-state index is 0.122. The minimum Gasteiger partial charge on any atom is -0.478 e. The van der Waals surface area contributed by atoms with Crippen LogP contribution < -0.4 is 0 Å². The van der Waals surface area contributed by atoms with Crippen molar-refractivity contribution in [2.75, 3.05) is 0 Å². The summed E-state index contributed by atoms with van der Waals surface area (Å²) >= 11 is 0. The van der Waals surface area contributed by atoms with E-state index in [1.165, 1.54) is 12.3 Å². The number of rotatable bonds is 2. The van der Waals surface area contributed by atoms with Crippen molar-refractivity contribution in [1.82, 2.24) is 4.57 Å². The fraction of sp³-hybridized carbons (Fsp3) is 0.118. The normalized spacial score (nSPS) is 11.8. The van der Waals surface area contributed by atoms with Crippen LogP contribution in [0.2, 0.25) is 0 Å². The van der Waals surface area contributed by atoms with E-state index < -0.39 is 17.7 Å². The van der Waals surface area contributed by atoms with Crippen molar-refractivity contribution in [1.29, 1.82) is 0 Å². The van der Waals surface area contributed by atoms with Crippen molar-refractivity contribution in [3.63, 3.8) is 0 Å². The molecule has 23 heavy (non-hydrogen) atoms. The van der Waals surface area contributed by atoms with Gasteiger partial charge in [-0.05, 0) is 35.4 Å². The van der Waals surface area contributed by atoms with Crippen LogP contribution in [0, 0.1) is 0 Å². The van der Waals surface area contributed by atoms with Crippen LogP contribution in [0.25, 0.3) is 22.0 Å². The van der Waals surface area contributed by atoms with Crippen LogP contribution in [0.4, 0.5) is 13.2 Å². The lowest BCUT2D eigenvalue weighted by atomic mass is 10.0. The lowest BCUT2D eigenvalue weighted by Gasteiger charge is -2.09. The number of aromatic nitrogens is 1. The highest BCUT2D eigenvalue weighted by molar-refractivity contribution is 6.04. The number of aromatic carboxylic acids is 1. The number of benzene rings is 2. The topological polar surface area (TPSA) is 42.2 Å². The van der Waals surface area contributed by atoms with Gasteiger partial charge in [0.1, 0.15) is 0 Å². The average molecular weight is 319 g/mol. The van der Waals surface area contributed by atoms with Crippen LogP contribution in [0.1, 0.15) is 15.9 Å². The number of alkyl halides is 3. The largest absolute Gasteiger partial charge is 0.478 e. The molecule has 0 fully saturated rings. The van der Waals surface area contributed by atoms with Gasteiger partial charge in [-0.2, -0.15) is 13.2 Å². The molecule has 0 amide bonds. The van der Waals surface area contributed by atoms with Gasteiger partial charge in [-0.1, -0.05) is 18.2 Å². The summed E-state index contributed by atoms with van der Waals surface area (Å²) in [6, 6.07) is 9.97. The van der Waals surface area contributed by atoms with Gasteiger partial charge in [-0.25, -0.2) is 4.79 Å². The molecule has 0 radical (unpaired) electrons. The zero-order valence-electron chi connectivity index (χ0n) is 12.1. The van der Waals surface area contributed by atoms with E-state index in [1.54, 1.807) is 35.9 Å². The molecule has 3 rings (SSSR count). The number of carbonyl (C=O) groups is 1. The highest BCUT2D eigenvalue weighted by atomic mass is 19.4. The fourth-order valence-corrected chi connectivity index (χ4v) is 2.62. The van der Waals surface area contributed by atoms with Crippen LogP contribution >= 0.6 is 0 Å². The van der Waals surface area contributed by atoms with Gasteiger partial charge in [0.05, 0.1) is 11.1 Å². The number of fused-ring (bicyclic) bond motifs is 1. The Hall–Kier alpha value is -2.76. The van der Waals surface area contributed by atoms with Gasteiger partial charge >= 0.3 is 12.1 Å². The van der Waals surface area contributed by atoms with Crippen LogP contribution in [0.3, 0.4) is 0 Å². The summed E-state index contributed by atoms with van der Waals surface area (Å²) in [5.74, 6) is -1.07. The smallest absolute Gasteiger partial charge is 0.416 e. The molecule has 0 aliphatic carbocycles.